The standard InChI is InChI=1S/C11H23NO.C4H10/c1-2-3-4-5-8-12-9-6-11(13)7-10-12;1-3-4-2/h11,13H,2-10H2,1H3;3-4H2,1-2H3. The van der Waals surface area contributed by atoms with Gasteiger partial charge in [0.1, 0.15) is 0 Å². The van der Waals surface area contributed by atoms with E-state index in [-0.39, 0.29) is 6.10 Å². The van der Waals surface area contributed by atoms with Gasteiger partial charge in [-0.15, -0.1) is 0 Å². The summed E-state index contributed by atoms with van der Waals surface area (Å²) in [5, 5.41) is 9.31. The second-order valence-electron chi connectivity index (χ2n) is 5.13. The first-order valence-corrected chi connectivity index (χ1v) is 7.64. The molecule has 0 aromatic rings. The molecule has 1 N–H and O–H groups in total. The monoisotopic (exact) mass is 243 g/mol. The van der Waals surface area contributed by atoms with Crippen LogP contribution in [0.15, 0.2) is 0 Å². The molecule has 104 valence electrons. The van der Waals surface area contributed by atoms with Crippen LogP contribution < -0.4 is 0 Å². The van der Waals surface area contributed by atoms with Gasteiger partial charge in [-0.25, -0.2) is 0 Å². The fourth-order valence-electron chi connectivity index (χ4n) is 1.91. The Bertz CT molecular complexity index is 140. The average molecular weight is 243 g/mol. The topological polar surface area (TPSA) is 23.5 Å². The van der Waals surface area contributed by atoms with E-state index in [1.54, 1.807) is 0 Å². The summed E-state index contributed by atoms with van der Waals surface area (Å²) < 4.78 is 0. The number of nitrogens with zero attached hydrogens (tertiary/aromatic N) is 1. The molecule has 0 unspecified atom stereocenters. The van der Waals surface area contributed by atoms with Crippen LogP contribution in [0.4, 0.5) is 0 Å². The molecule has 2 heteroatoms. The van der Waals surface area contributed by atoms with Crippen LogP contribution in [0.2, 0.25) is 0 Å². The Morgan fingerprint density at radius 2 is 1.47 bits per heavy atom. The number of hydrogen-bond acceptors (Lipinski definition) is 2. The molecule has 0 atom stereocenters. The summed E-state index contributed by atoms with van der Waals surface area (Å²) in [4.78, 5) is 2.49. The summed E-state index contributed by atoms with van der Waals surface area (Å²) >= 11 is 0. The normalized spacial score (nSPS) is 17.6. The van der Waals surface area contributed by atoms with E-state index in [1.807, 2.05) is 0 Å². The minimum Gasteiger partial charge on any atom is -0.393 e. The molecule has 0 spiro atoms. The molecule has 0 saturated carbocycles. The second-order valence-corrected chi connectivity index (χ2v) is 5.13. The summed E-state index contributed by atoms with van der Waals surface area (Å²) in [6.07, 6.45) is 9.97. The zero-order chi connectivity index (χ0) is 12.9. The molecule has 1 heterocycles. The highest BCUT2D eigenvalue weighted by atomic mass is 16.3. The summed E-state index contributed by atoms with van der Waals surface area (Å²) in [5.41, 5.74) is 0. The molecule has 0 aromatic heterocycles. The second kappa shape index (κ2) is 12.4. The first-order valence-electron chi connectivity index (χ1n) is 7.64. The Labute approximate surface area is 108 Å². The van der Waals surface area contributed by atoms with Gasteiger partial charge in [0.15, 0.2) is 0 Å². The van der Waals surface area contributed by atoms with Crippen molar-refractivity contribution in [2.24, 2.45) is 0 Å². The van der Waals surface area contributed by atoms with Crippen molar-refractivity contribution in [3.63, 3.8) is 0 Å². The Morgan fingerprint density at radius 1 is 0.882 bits per heavy atom. The third kappa shape index (κ3) is 10.8. The van der Waals surface area contributed by atoms with Gasteiger partial charge in [0, 0.05) is 13.1 Å². The van der Waals surface area contributed by atoms with Gasteiger partial charge in [0.25, 0.3) is 0 Å². The smallest absolute Gasteiger partial charge is 0.0564 e. The third-order valence-corrected chi connectivity index (χ3v) is 3.38. The highest BCUT2D eigenvalue weighted by Crippen LogP contribution is 2.11. The van der Waals surface area contributed by atoms with Gasteiger partial charge in [-0.1, -0.05) is 52.9 Å². The van der Waals surface area contributed by atoms with Crippen LogP contribution in [-0.4, -0.2) is 35.7 Å². The number of aliphatic hydroxyl groups excluding tert-OH is 1. The number of hydrogen-bond donors (Lipinski definition) is 1. The molecule has 1 fully saturated rings. The molecule has 1 saturated heterocycles. The lowest BCUT2D eigenvalue weighted by Gasteiger charge is -2.29. The Morgan fingerprint density at radius 3 is 1.94 bits per heavy atom. The zero-order valence-corrected chi connectivity index (χ0v) is 12.2. The number of piperidine rings is 1. The van der Waals surface area contributed by atoms with E-state index in [1.165, 1.54) is 45.1 Å². The molecule has 0 radical (unpaired) electrons. The molecule has 0 bridgehead atoms. The number of unbranched alkanes of at least 4 members (excludes halogenated alkanes) is 4. The SMILES string of the molecule is CCCC.CCCCCCN1CCC(O)CC1. The van der Waals surface area contributed by atoms with Crippen LogP contribution >= 0.6 is 0 Å². The fraction of sp³-hybridized carbons (Fsp3) is 1.00. The highest BCUT2D eigenvalue weighted by Gasteiger charge is 2.15. The molecule has 0 aliphatic carbocycles. The largest absolute Gasteiger partial charge is 0.393 e. The van der Waals surface area contributed by atoms with E-state index in [9.17, 15) is 5.11 Å². The first kappa shape index (κ1) is 16.9. The van der Waals surface area contributed by atoms with E-state index in [0.29, 0.717) is 0 Å². The van der Waals surface area contributed by atoms with Crippen molar-refractivity contribution in [3.05, 3.63) is 0 Å². The van der Waals surface area contributed by atoms with Crippen molar-refractivity contribution in [2.45, 2.75) is 78.2 Å². The van der Waals surface area contributed by atoms with Crippen LogP contribution in [0, 0.1) is 0 Å². The van der Waals surface area contributed by atoms with Crippen LogP contribution in [0.3, 0.4) is 0 Å². The van der Waals surface area contributed by atoms with Crippen molar-refractivity contribution in [3.8, 4) is 0 Å². The quantitative estimate of drug-likeness (QED) is 0.717. The van der Waals surface area contributed by atoms with Gasteiger partial charge in [0.05, 0.1) is 6.10 Å². The van der Waals surface area contributed by atoms with E-state index >= 15 is 0 Å². The predicted octanol–water partition coefficient (Wildman–Crippen LogP) is 3.83. The third-order valence-electron chi connectivity index (χ3n) is 3.38. The fourth-order valence-corrected chi connectivity index (χ4v) is 1.91. The van der Waals surface area contributed by atoms with Gasteiger partial charge in [0.2, 0.25) is 0 Å². The molecule has 2 nitrogen and oxygen atoms in total. The zero-order valence-electron chi connectivity index (χ0n) is 12.2. The molecule has 0 amide bonds. The van der Waals surface area contributed by atoms with Crippen LogP contribution in [0.5, 0.6) is 0 Å². The van der Waals surface area contributed by atoms with Gasteiger partial charge >= 0.3 is 0 Å². The van der Waals surface area contributed by atoms with Gasteiger partial charge in [-0.05, 0) is 25.8 Å². The summed E-state index contributed by atoms with van der Waals surface area (Å²) in [7, 11) is 0. The van der Waals surface area contributed by atoms with Crippen molar-refractivity contribution in [1.29, 1.82) is 0 Å². The number of aliphatic hydroxyl groups is 1. The number of likely N-dealkylation sites (tertiary alicyclic amines) is 1. The van der Waals surface area contributed by atoms with Crippen molar-refractivity contribution < 1.29 is 5.11 Å². The van der Waals surface area contributed by atoms with Gasteiger partial charge in [-0.2, -0.15) is 0 Å². The Hall–Kier alpha value is -0.0800. The first-order chi connectivity index (χ1) is 8.24. The summed E-state index contributed by atoms with van der Waals surface area (Å²) in [6.45, 7) is 10.1. The highest BCUT2D eigenvalue weighted by molar-refractivity contribution is 4.70. The Kier molecular flexibility index (Phi) is 12.3. The lowest BCUT2D eigenvalue weighted by atomic mass is 10.1. The minimum atomic E-state index is -0.0214. The maximum Gasteiger partial charge on any atom is 0.0564 e. The molecular weight excluding hydrogens is 210 g/mol. The lowest BCUT2D eigenvalue weighted by molar-refractivity contribution is 0.0818. The van der Waals surface area contributed by atoms with Crippen LogP contribution in [0.1, 0.15) is 72.1 Å². The van der Waals surface area contributed by atoms with Crippen LogP contribution in [-0.2, 0) is 0 Å². The molecule has 0 aromatic carbocycles. The molecule has 1 aliphatic heterocycles. The minimum absolute atomic E-state index is 0.0214. The molecule has 1 rings (SSSR count). The Balaban J connectivity index is 0.000000557. The average Bonchev–Trinajstić information content (AvgIpc) is 2.37. The van der Waals surface area contributed by atoms with Gasteiger partial charge in [-0.3, -0.25) is 0 Å². The maximum atomic E-state index is 9.31. The van der Waals surface area contributed by atoms with Crippen molar-refractivity contribution in [1.82, 2.24) is 4.90 Å². The van der Waals surface area contributed by atoms with Crippen LogP contribution in [0.25, 0.3) is 0 Å². The molecular formula is C15H33NO. The molecule has 17 heavy (non-hydrogen) atoms. The van der Waals surface area contributed by atoms with Crippen molar-refractivity contribution >= 4 is 0 Å². The van der Waals surface area contributed by atoms with E-state index in [2.05, 4.69) is 25.7 Å². The predicted molar refractivity (Wildman–Crippen MR) is 76.4 cm³/mol. The van der Waals surface area contributed by atoms with E-state index in [4.69, 9.17) is 0 Å². The van der Waals surface area contributed by atoms with Crippen molar-refractivity contribution in [2.75, 3.05) is 19.6 Å². The number of rotatable bonds is 6. The van der Waals surface area contributed by atoms with Gasteiger partial charge < -0.3 is 10.0 Å². The van der Waals surface area contributed by atoms with E-state index < -0.39 is 0 Å². The summed E-state index contributed by atoms with van der Waals surface area (Å²) in [6, 6.07) is 0. The lowest BCUT2D eigenvalue weighted by Crippen LogP contribution is -2.36. The maximum absolute atomic E-state index is 9.31. The van der Waals surface area contributed by atoms with E-state index in [0.717, 1.165) is 25.9 Å². The molecule has 1 aliphatic rings. The summed E-state index contributed by atoms with van der Waals surface area (Å²) in [5.74, 6) is 0.